The molecule has 1 aromatic rings. The van der Waals surface area contributed by atoms with Gasteiger partial charge in [-0.2, -0.15) is 13.2 Å². The van der Waals surface area contributed by atoms with Crippen LogP contribution in [0.2, 0.25) is 0 Å². The summed E-state index contributed by atoms with van der Waals surface area (Å²) in [6, 6.07) is 1.89. The third-order valence-corrected chi connectivity index (χ3v) is 4.76. The molecule has 1 aromatic carbocycles. The summed E-state index contributed by atoms with van der Waals surface area (Å²) in [4.78, 5) is -0.787. The van der Waals surface area contributed by atoms with Crippen LogP contribution in [0.1, 0.15) is 5.56 Å². The molecule has 0 fully saturated rings. The minimum Gasteiger partial charge on any atom is -0.325 e. The molecular weight excluding hydrogens is 387 g/mol. The first kappa shape index (κ1) is 18.3. The van der Waals surface area contributed by atoms with Gasteiger partial charge in [0.1, 0.15) is 0 Å². The molecule has 0 spiro atoms. The second-order valence-electron chi connectivity index (χ2n) is 4.03. The van der Waals surface area contributed by atoms with Crippen LogP contribution in [0.15, 0.2) is 27.6 Å². The van der Waals surface area contributed by atoms with Crippen molar-refractivity contribution in [1.29, 1.82) is 0 Å². The molecule has 0 saturated carbocycles. The lowest BCUT2D eigenvalue weighted by molar-refractivity contribution is -0.137. The molecule has 120 valence electrons. The Balaban J connectivity index is 3.14. The van der Waals surface area contributed by atoms with E-state index in [2.05, 4.69) is 15.9 Å². The Hall–Kier alpha value is -0.780. The first-order chi connectivity index (χ1) is 9.39. The molecule has 0 atom stereocenters. The van der Waals surface area contributed by atoms with Gasteiger partial charge in [-0.1, -0.05) is 0 Å². The van der Waals surface area contributed by atoms with Gasteiger partial charge in [0.05, 0.1) is 23.5 Å². The predicted molar refractivity (Wildman–Crippen MR) is 68.3 cm³/mol. The van der Waals surface area contributed by atoms with Crippen LogP contribution in [0.5, 0.6) is 0 Å². The molecule has 0 aromatic heterocycles. The average Bonchev–Trinajstić information content (AvgIpc) is 2.35. The van der Waals surface area contributed by atoms with Gasteiger partial charge < -0.3 is 5.73 Å². The zero-order valence-corrected chi connectivity index (χ0v) is 12.6. The first-order valence-electron chi connectivity index (χ1n) is 5.33. The Morgan fingerprint density at radius 3 is 2.24 bits per heavy atom. The molecule has 0 aliphatic rings. The van der Waals surface area contributed by atoms with Crippen LogP contribution >= 0.6 is 15.9 Å². The molecule has 0 saturated heterocycles. The normalized spacial score (nSPS) is 13.5. The smallest absolute Gasteiger partial charge is 0.325 e. The summed E-state index contributed by atoms with van der Waals surface area (Å²) in [5, 5.41) is 0. The highest BCUT2D eigenvalue weighted by molar-refractivity contribution is 9.10. The summed E-state index contributed by atoms with van der Waals surface area (Å²) >= 11 is 2.77. The summed E-state index contributed by atoms with van der Waals surface area (Å²) < 4.78 is 88.5. The van der Waals surface area contributed by atoms with Crippen LogP contribution in [0, 0.1) is 0 Å². The third kappa shape index (κ3) is 4.87. The number of hydrogen-bond acceptors (Lipinski definition) is 3. The molecule has 0 aliphatic carbocycles. The van der Waals surface area contributed by atoms with Gasteiger partial charge in [0, 0.05) is 4.47 Å². The SMILES string of the molecule is NCC(F)(F)CNS(=O)(=O)c1cc(C(F)(F)F)ccc1Br. The quantitative estimate of drug-likeness (QED) is 0.750. The van der Waals surface area contributed by atoms with Gasteiger partial charge in [0.25, 0.3) is 5.92 Å². The molecule has 0 unspecified atom stereocenters. The predicted octanol–water partition coefficient (Wildman–Crippen LogP) is 2.34. The maximum atomic E-state index is 12.9. The lowest BCUT2D eigenvalue weighted by Crippen LogP contribution is -2.41. The Morgan fingerprint density at radius 2 is 1.76 bits per heavy atom. The van der Waals surface area contributed by atoms with E-state index in [-0.39, 0.29) is 4.47 Å². The number of nitrogens with two attached hydrogens (primary N) is 1. The molecular formula is C10H10BrF5N2O2S. The van der Waals surface area contributed by atoms with Crippen molar-refractivity contribution in [1.82, 2.24) is 4.72 Å². The number of alkyl halides is 5. The molecule has 3 N–H and O–H groups in total. The largest absolute Gasteiger partial charge is 0.416 e. The van der Waals surface area contributed by atoms with Crippen molar-refractivity contribution in [2.24, 2.45) is 5.73 Å². The standard InChI is InChI=1S/C10H10BrF5N2O2S/c11-7-2-1-6(10(14,15)16)3-8(7)21(19,20)18-5-9(12,13)4-17/h1-3,18H,4-5,17H2. The number of hydrogen-bond donors (Lipinski definition) is 2. The fourth-order valence-corrected chi connectivity index (χ4v) is 3.29. The van der Waals surface area contributed by atoms with E-state index in [9.17, 15) is 30.4 Å². The van der Waals surface area contributed by atoms with Crippen LogP contribution in [0.4, 0.5) is 22.0 Å². The van der Waals surface area contributed by atoms with Crippen molar-refractivity contribution in [2.45, 2.75) is 17.0 Å². The van der Waals surface area contributed by atoms with Crippen molar-refractivity contribution in [3.63, 3.8) is 0 Å². The van der Waals surface area contributed by atoms with E-state index in [1.807, 2.05) is 0 Å². The zero-order valence-electron chi connectivity index (χ0n) is 10.2. The lowest BCUT2D eigenvalue weighted by atomic mass is 10.2. The van der Waals surface area contributed by atoms with Gasteiger partial charge >= 0.3 is 6.18 Å². The minimum atomic E-state index is -4.76. The Labute approximate surface area is 125 Å². The number of sulfonamides is 1. The molecule has 0 aliphatic heterocycles. The highest BCUT2D eigenvalue weighted by atomic mass is 79.9. The second-order valence-corrected chi connectivity index (χ2v) is 6.62. The van der Waals surface area contributed by atoms with Crippen LogP contribution in [0.3, 0.4) is 0 Å². The van der Waals surface area contributed by atoms with Crippen LogP contribution in [-0.2, 0) is 16.2 Å². The van der Waals surface area contributed by atoms with Gasteiger partial charge in [0.2, 0.25) is 10.0 Å². The van der Waals surface area contributed by atoms with Gasteiger partial charge in [-0.05, 0) is 34.1 Å². The molecule has 0 radical (unpaired) electrons. The van der Waals surface area contributed by atoms with Crippen LogP contribution < -0.4 is 10.5 Å². The summed E-state index contributed by atoms with van der Waals surface area (Å²) in [5.74, 6) is -3.50. The van der Waals surface area contributed by atoms with Crippen LogP contribution in [0.25, 0.3) is 0 Å². The number of halogens is 6. The fraction of sp³-hybridized carbons (Fsp3) is 0.400. The maximum Gasteiger partial charge on any atom is 0.416 e. The van der Waals surface area contributed by atoms with Crippen molar-refractivity contribution in [3.8, 4) is 0 Å². The highest BCUT2D eigenvalue weighted by Gasteiger charge is 2.34. The van der Waals surface area contributed by atoms with Crippen molar-refractivity contribution in [3.05, 3.63) is 28.2 Å². The third-order valence-electron chi connectivity index (χ3n) is 2.37. The Kier molecular flexibility index (Phi) is 5.35. The topological polar surface area (TPSA) is 72.2 Å². The minimum absolute atomic E-state index is 0.181. The number of benzene rings is 1. The molecule has 11 heteroatoms. The fourth-order valence-electron chi connectivity index (χ4n) is 1.24. The first-order valence-corrected chi connectivity index (χ1v) is 7.61. The molecule has 0 bridgehead atoms. The van der Waals surface area contributed by atoms with Gasteiger partial charge in [0.15, 0.2) is 0 Å². The lowest BCUT2D eigenvalue weighted by Gasteiger charge is -2.16. The number of rotatable bonds is 5. The maximum absolute atomic E-state index is 12.9. The monoisotopic (exact) mass is 396 g/mol. The van der Waals surface area contributed by atoms with Gasteiger partial charge in [-0.3, -0.25) is 0 Å². The molecule has 0 amide bonds. The van der Waals surface area contributed by atoms with Crippen molar-refractivity contribution in [2.75, 3.05) is 13.1 Å². The van der Waals surface area contributed by atoms with E-state index in [0.717, 1.165) is 6.07 Å². The van der Waals surface area contributed by atoms with E-state index in [0.29, 0.717) is 12.1 Å². The number of nitrogens with one attached hydrogen (secondary N) is 1. The van der Waals surface area contributed by atoms with E-state index < -0.39 is 45.7 Å². The molecule has 0 heterocycles. The zero-order chi connectivity index (χ0) is 16.5. The summed E-state index contributed by atoms with van der Waals surface area (Å²) in [5.41, 5.74) is 3.53. The molecule has 21 heavy (non-hydrogen) atoms. The van der Waals surface area contributed by atoms with E-state index in [1.54, 1.807) is 0 Å². The van der Waals surface area contributed by atoms with Crippen molar-refractivity contribution >= 4 is 26.0 Å². The Bertz CT molecular complexity index is 618. The summed E-state index contributed by atoms with van der Waals surface area (Å²) in [6.45, 7) is -2.41. The van der Waals surface area contributed by atoms with Gasteiger partial charge in [-0.25, -0.2) is 21.9 Å². The highest BCUT2D eigenvalue weighted by Crippen LogP contribution is 2.33. The second kappa shape index (κ2) is 6.15. The summed E-state index contributed by atoms with van der Waals surface area (Å²) in [6.07, 6.45) is -4.76. The van der Waals surface area contributed by atoms with Crippen molar-refractivity contribution < 1.29 is 30.4 Å². The summed E-state index contributed by atoms with van der Waals surface area (Å²) in [7, 11) is -4.55. The van der Waals surface area contributed by atoms with E-state index >= 15 is 0 Å². The van der Waals surface area contributed by atoms with Gasteiger partial charge in [-0.15, -0.1) is 0 Å². The van der Waals surface area contributed by atoms with E-state index in [1.165, 1.54) is 4.72 Å². The molecule has 1 rings (SSSR count). The van der Waals surface area contributed by atoms with Crippen LogP contribution in [-0.4, -0.2) is 27.4 Å². The molecule has 4 nitrogen and oxygen atoms in total. The average molecular weight is 397 g/mol. The Morgan fingerprint density at radius 1 is 1.19 bits per heavy atom. The van der Waals surface area contributed by atoms with E-state index in [4.69, 9.17) is 5.73 Å².